The van der Waals surface area contributed by atoms with Gasteiger partial charge in [0.1, 0.15) is 0 Å². The number of ether oxygens (including phenoxy) is 1. The lowest BCUT2D eigenvalue weighted by Gasteiger charge is -2.12. The Kier molecular flexibility index (Phi) is 3.77. The summed E-state index contributed by atoms with van der Waals surface area (Å²) in [5.41, 5.74) is 0.439. The van der Waals surface area contributed by atoms with Crippen molar-refractivity contribution in [2.75, 3.05) is 0 Å². The highest BCUT2D eigenvalue weighted by Crippen LogP contribution is 2.28. The van der Waals surface area contributed by atoms with Crippen LogP contribution in [-0.4, -0.2) is 16.5 Å². The summed E-state index contributed by atoms with van der Waals surface area (Å²) in [4.78, 5) is 3.58. The number of aromatic nitrogens is 1. The van der Waals surface area contributed by atoms with E-state index in [4.69, 9.17) is 5.11 Å². The molecule has 7 heteroatoms. The van der Waals surface area contributed by atoms with Gasteiger partial charge in [-0.3, -0.25) is 0 Å². The van der Waals surface area contributed by atoms with E-state index in [-0.39, 0.29) is 5.56 Å². The van der Waals surface area contributed by atoms with E-state index < -0.39 is 18.8 Å². The number of nitrogens with zero attached hydrogens (tertiary/aromatic N) is 1. The van der Waals surface area contributed by atoms with Crippen molar-refractivity contribution in [3.05, 3.63) is 20.9 Å². The molecular weight excluding hydrogens is 326 g/mol. The van der Waals surface area contributed by atoms with E-state index >= 15 is 0 Å². The Morgan fingerprint density at radius 3 is 2.60 bits per heavy atom. The lowest BCUT2D eigenvalue weighted by molar-refractivity contribution is -0.276. The van der Waals surface area contributed by atoms with Gasteiger partial charge >= 0.3 is 6.36 Å². The minimum absolute atomic E-state index is 0.0403. The van der Waals surface area contributed by atoms with Gasteiger partial charge in [0.15, 0.2) is 0 Å². The van der Waals surface area contributed by atoms with Crippen LogP contribution in [0.25, 0.3) is 0 Å². The second kappa shape index (κ2) is 4.52. The van der Waals surface area contributed by atoms with Gasteiger partial charge in [0.25, 0.3) is 0 Å². The summed E-state index contributed by atoms with van der Waals surface area (Å²) in [6.45, 7) is 1.00. The van der Waals surface area contributed by atoms with Crippen LogP contribution in [-0.2, 0) is 6.61 Å². The van der Waals surface area contributed by atoms with Gasteiger partial charge in [-0.25, -0.2) is 4.98 Å². The lowest BCUT2D eigenvalue weighted by atomic mass is 10.2. The molecule has 1 aromatic rings. The molecule has 1 rings (SSSR count). The van der Waals surface area contributed by atoms with Gasteiger partial charge in [-0.15, -0.1) is 13.2 Å². The quantitative estimate of drug-likeness (QED) is 0.845. The minimum atomic E-state index is -4.80. The zero-order valence-corrected chi connectivity index (χ0v) is 9.76. The topological polar surface area (TPSA) is 42.4 Å². The Hall–Kier alpha value is -0.570. The van der Waals surface area contributed by atoms with Gasteiger partial charge in [-0.2, -0.15) is 0 Å². The van der Waals surface area contributed by atoms with Crippen molar-refractivity contribution < 1.29 is 23.0 Å². The van der Waals surface area contributed by atoms with Crippen molar-refractivity contribution >= 4 is 22.6 Å². The molecule has 0 unspecified atom stereocenters. The van der Waals surface area contributed by atoms with Crippen molar-refractivity contribution in [1.29, 1.82) is 0 Å². The van der Waals surface area contributed by atoms with Crippen LogP contribution in [0.2, 0.25) is 0 Å². The highest BCUT2D eigenvalue weighted by molar-refractivity contribution is 14.1. The third-order valence-corrected chi connectivity index (χ3v) is 2.49. The fraction of sp³-hybridized carbons (Fsp3) is 0.375. The maximum absolute atomic E-state index is 12.0. The molecule has 1 heterocycles. The molecule has 0 aliphatic carbocycles. The lowest BCUT2D eigenvalue weighted by Crippen LogP contribution is -2.19. The molecule has 84 valence electrons. The molecule has 1 N–H and O–H groups in total. The number of aliphatic hydroxyl groups excluding tert-OH is 1. The standard InChI is InChI=1S/C8H7F3INO2/c1-4-2-6(12)5(3-14)7(13-4)15-8(9,10)11/h2,14H,3H2,1H3. The molecule has 0 fully saturated rings. The van der Waals surface area contributed by atoms with Gasteiger partial charge in [0.05, 0.1) is 12.2 Å². The van der Waals surface area contributed by atoms with Crippen LogP contribution >= 0.6 is 22.6 Å². The highest BCUT2D eigenvalue weighted by Gasteiger charge is 2.33. The first-order valence-corrected chi connectivity index (χ1v) is 4.94. The summed E-state index contributed by atoms with van der Waals surface area (Å²) in [5.74, 6) is -0.589. The summed E-state index contributed by atoms with van der Waals surface area (Å²) < 4.78 is 40.1. The van der Waals surface area contributed by atoms with E-state index in [2.05, 4.69) is 9.72 Å². The van der Waals surface area contributed by atoms with Crippen LogP contribution in [0.1, 0.15) is 11.3 Å². The van der Waals surface area contributed by atoms with Crippen LogP contribution in [0, 0.1) is 10.5 Å². The van der Waals surface area contributed by atoms with Gasteiger partial charge in [0.2, 0.25) is 5.88 Å². The highest BCUT2D eigenvalue weighted by atomic mass is 127. The monoisotopic (exact) mass is 333 g/mol. The average Bonchev–Trinajstić information content (AvgIpc) is 1.99. The number of aryl methyl sites for hydroxylation is 1. The van der Waals surface area contributed by atoms with E-state index in [0.29, 0.717) is 9.26 Å². The predicted molar refractivity (Wildman–Crippen MR) is 54.3 cm³/mol. The van der Waals surface area contributed by atoms with Gasteiger partial charge < -0.3 is 9.84 Å². The molecule has 15 heavy (non-hydrogen) atoms. The van der Waals surface area contributed by atoms with Crippen molar-refractivity contribution in [2.24, 2.45) is 0 Å². The van der Waals surface area contributed by atoms with Crippen molar-refractivity contribution in [3.63, 3.8) is 0 Å². The van der Waals surface area contributed by atoms with Gasteiger partial charge in [-0.1, -0.05) is 0 Å². The summed E-state index contributed by atoms with van der Waals surface area (Å²) in [5, 5.41) is 8.89. The smallest absolute Gasteiger partial charge is 0.391 e. The van der Waals surface area contributed by atoms with Crippen LogP contribution < -0.4 is 4.74 Å². The molecule has 0 atom stereocenters. The number of hydrogen-bond donors (Lipinski definition) is 1. The summed E-state index contributed by atoms with van der Waals surface area (Å²) >= 11 is 1.82. The second-order valence-corrected chi connectivity index (χ2v) is 3.90. The Balaban J connectivity index is 3.15. The zero-order chi connectivity index (χ0) is 11.6. The maximum atomic E-state index is 12.0. The van der Waals surface area contributed by atoms with Gasteiger partial charge in [0, 0.05) is 9.26 Å². The Morgan fingerprint density at radius 1 is 1.53 bits per heavy atom. The molecular formula is C8H7F3INO2. The fourth-order valence-corrected chi connectivity index (χ4v) is 1.82. The number of hydrogen-bond acceptors (Lipinski definition) is 3. The van der Waals surface area contributed by atoms with Crippen molar-refractivity contribution in [1.82, 2.24) is 4.98 Å². The van der Waals surface area contributed by atoms with E-state index in [1.807, 2.05) is 22.6 Å². The molecule has 0 bridgehead atoms. The number of pyridine rings is 1. The summed E-state index contributed by atoms with van der Waals surface area (Å²) in [6, 6.07) is 1.56. The third-order valence-electron chi connectivity index (χ3n) is 1.53. The fourth-order valence-electron chi connectivity index (χ4n) is 0.970. The molecule has 0 aliphatic rings. The second-order valence-electron chi connectivity index (χ2n) is 2.74. The van der Waals surface area contributed by atoms with Gasteiger partial charge in [-0.05, 0) is 35.6 Å². The molecule has 0 aliphatic heterocycles. The molecule has 0 saturated carbocycles. The van der Waals surface area contributed by atoms with Crippen LogP contribution in [0.3, 0.4) is 0 Å². The first kappa shape index (κ1) is 12.5. The summed E-state index contributed by atoms with van der Waals surface area (Å²) in [6.07, 6.45) is -4.80. The number of rotatable bonds is 2. The minimum Gasteiger partial charge on any atom is -0.391 e. The maximum Gasteiger partial charge on any atom is 0.574 e. The normalized spacial score (nSPS) is 11.6. The third kappa shape index (κ3) is 3.49. The Morgan fingerprint density at radius 2 is 2.13 bits per heavy atom. The van der Waals surface area contributed by atoms with Crippen molar-refractivity contribution in [3.8, 4) is 5.88 Å². The number of aliphatic hydroxyl groups is 1. The van der Waals surface area contributed by atoms with E-state index in [1.165, 1.54) is 0 Å². The zero-order valence-electron chi connectivity index (χ0n) is 7.60. The Labute approximate surface area is 97.4 Å². The largest absolute Gasteiger partial charge is 0.574 e. The van der Waals surface area contributed by atoms with Crippen LogP contribution in [0.4, 0.5) is 13.2 Å². The average molecular weight is 333 g/mol. The van der Waals surface area contributed by atoms with E-state index in [9.17, 15) is 13.2 Å². The first-order valence-electron chi connectivity index (χ1n) is 3.86. The molecule has 1 aromatic heterocycles. The van der Waals surface area contributed by atoms with Crippen LogP contribution in [0.15, 0.2) is 6.07 Å². The Bertz CT molecular complexity index is 368. The molecule has 0 radical (unpaired) electrons. The number of halogens is 4. The molecule has 3 nitrogen and oxygen atoms in total. The first-order chi connectivity index (χ1) is 6.83. The van der Waals surface area contributed by atoms with E-state index in [0.717, 1.165) is 0 Å². The van der Waals surface area contributed by atoms with E-state index in [1.54, 1.807) is 13.0 Å². The van der Waals surface area contributed by atoms with Crippen LogP contribution in [0.5, 0.6) is 5.88 Å². The molecule has 0 saturated heterocycles. The number of alkyl halides is 3. The molecule has 0 aromatic carbocycles. The molecule has 0 spiro atoms. The molecule has 0 amide bonds. The SMILES string of the molecule is Cc1cc(I)c(CO)c(OC(F)(F)F)n1. The predicted octanol–water partition coefficient (Wildman–Crippen LogP) is 2.39. The van der Waals surface area contributed by atoms with Crippen molar-refractivity contribution in [2.45, 2.75) is 19.9 Å². The summed E-state index contributed by atoms with van der Waals surface area (Å²) in [7, 11) is 0.